The summed E-state index contributed by atoms with van der Waals surface area (Å²) in [7, 11) is 1.86. The lowest BCUT2D eigenvalue weighted by atomic mass is 10.1. The predicted octanol–water partition coefficient (Wildman–Crippen LogP) is 2.86. The summed E-state index contributed by atoms with van der Waals surface area (Å²) in [5.74, 6) is 0.810. The summed E-state index contributed by atoms with van der Waals surface area (Å²) in [4.78, 5) is 11.2. The predicted molar refractivity (Wildman–Crippen MR) is 82.0 cm³/mol. The standard InChI is InChI=1S/C16H20N4/c1-17-16-11-18-14(10-19-16)12-20-9-5-4-7-13-6-2-3-8-15(13)20/h2-3,6,8,10-11H,4-5,7,9,12H2,1H3,(H,17,19). The molecule has 0 unspecified atom stereocenters. The van der Waals surface area contributed by atoms with Crippen LogP contribution in [0.25, 0.3) is 0 Å². The average Bonchev–Trinajstić information content (AvgIpc) is 2.71. The fourth-order valence-corrected chi connectivity index (χ4v) is 2.69. The molecule has 2 aromatic rings. The highest BCUT2D eigenvalue weighted by molar-refractivity contribution is 5.54. The van der Waals surface area contributed by atoms with Gasteiger partial charge >= 0.3 is 0 Å². The number of aromatic nitrogens is 2. The maximum absolute atomic E-state index is 4.48. The Hall–Kier alpha value is -2.10. The van der Waals surface area contributed by atoms with Crippen molar-refractivity contribution in [3.8, 4) is 0 Å². The van der Waals surface area contributed by atoms with E-state index in [-0.39, 0.29) is 0 Å². The minimum Gasteiger partial charge on any atom is -0.372 e. The number of anilines is 2. The van der Waals surface area contributed by atoms with Crippen molar-refractivity contribution >= 4 is 11.5 Å². The van der Waals surface area contributed by atoms with E-state index in [0.717, 1.165) is 24.6 Å². The van der Waals surface area contributed by atoms with Crippen LogP contribution in [-0.4, -0.2) is 23.6 Å². The smallest absolute Gasteiger partial charge is 0.144 e. The summed E-state index contributed by atoms with van der Waals surface area (Å²) in [5.41, 5.74) is 3.81. The van der Waals surface area contributed by atoms with Gasteiger partial charge in [-0.15, -0.1) is 0 Å². The Morgan fingerprint density at radius 3 is 2.85 bits per heavy atom. The number of hydrogen-bond donors (Lipinski definition) is 1. The van der Waals surface area contributed by atoms with Crippen LogP contribution in [0.15, 0.2) is 36.7 Å². The van der Waals surface area contributed by atoms with E-state index < -0.39 is 0 Å². The van der Waals surface area contributed by atoms with Crippen molar-refractivity contribution in [3.63, 3.8) is 0 Å². The summed E-state index contributed by atoms with van der Waals surface area (Å²) < 4.78 is 0. The Morgan fingerprint density at radius 2 is 2.05 bits per heavy atom. The average molecular weight is 268 g/mol. The number of aryl methyl sites for hydroxylation is 1. The molecule has 1 aromatic carbocycles. The number of nitrogens with one attached hydrogen (secondary N) is 1. The molecular formula is C16H20N4. The third-order valence-electron chi connectivity index (χ3n) is 3.77. The van der Waals surface area contributed by atoms with E-state index in [2.05, 4.69) is 44.5 Å². The Morgan fingerprint density at radius 1 is 1.15 bits per heavy atom. The highest BCUT2D eigenvalue weighted by Crippen LogP contribution is 2.27. The second-order valence-electron chi connectivity index (χ2n) is 5.15. The van der Waals surface area contributed by atoms with Gasteiger partial charge in [-0.25, -0.2) is 4.98 Å². The van der Waals surface area contributed by atoms with E-state index in [9.17, 15) is 0 Å². The van der Waals surface area contributed by atoms with Gasteiger partial charge < -0.3 is 10.2 Å². The molecule has 104 valence electrons. The molecule has 0 fully saturated rings. The lowest BCUT2D eigenvalue weighted by molar-refractivity contribution is 0.707. The molecule has 0 radical (unpaired) electrons. The molecule has 20 heavy (non-hydrogen) atoms. The summed E-state index contributed by atoms with van der Waals surface area (Å²) in [5, 5.41) is 3.00. The van der Waals surface area contributed by atoms with Crippen molar-refractivity contribution in [2.45, 2.75) is 25.8 Å². The molecule has 4 heteroatoms. The maximum Gasteiger partial charge on any atom is 0.144 e. The fraction of sp³-hybridized carbons (Fsp3) is 0.375. The minimum atomic E-state index is 0.810. The van der Waals surface area contributed by atoms with Crippen LogP contribution in [0.5, 0.6) is 0 Å². The summed E-state index contributed by atoms with van der Waals surface area (Å²) >= 11 is 0. The molecule has 0 saturated heterocycles. The third kappa shape index (κ3) is 2.74. The number of fused-ring (bicyclic) bond motifs is 1. The van der Waals surface area contributed by atoms with Gasteiger partial charge in [-0.1, -0.05) is 18.2 Å². The summed E-state index contributed by atoms with van der Waals surface area (Å²) in [6, 6.07) is 8.70. The topological polar surface area (TPSA) is 41.1 Å². The number of rotatable bonds is 3. The molecule has 0 spiro atoms. The van der Waals surface area contributed by atoms with E-state index >= 15 is 0 Å². The van der Waals surface area contributed by atoms with E-state index in [4.69, 9.17) is 0 Å². The number of para-hydroxylation sites is 1. The van der Waals surface area contributed by atoms with Crippen LogP contribution < -0.4 is 10.2 Å². The van der Waals surface area contributed by atoms with E-state index in [1.807, 2.05) is 13.2 Å². The molecule has 1 aliphatic rings. The van der Waals surface area contributed by atoms with Crippen molar-refractivity contribution in [1.82, 2.24) is 9.97 Å². The van der Waals surface area contributed by atoms with Crippen molar-refractivity contribution in [1.29, 1.82) is 0 Å². The Kier molecular flexibility index (Phi) is 3.81. The summed E-state index contributed by atoms with van der Waals surface area (Å²) in [6.45, 7) is 1.92. The lowest BCUT2D eigenvalue weighted by Gasteiger charge is -2.24. The van der Waals surface area contributed by atoms with E-state index in [0.29, 0.717) is 0 Å². The molecule has 0 saturated carbocycles. The van der Waals surface area contributed by atoms with Gasteiger partial charge in [-0.05, 0) is 30.9 Å². The highest BCUT2D eigenvalue weighted by Gasteiger charge is 2.15. The van der Waals surface area contributed by atoms with Crippen LogP contribution in [0, 0.1) is 0 Å². The Bertz CT molecular complexity index is 565. The SMILES string of the molecule is CNc1cnc(CN2CCCCc3ccccc32)cn1. The molecule has 0 bridgehead atoms. The minimum absolute atomic E-state index is 0.810. The molecule has 0 amide bonds. The molecule has 1 aromatic heterocycles. The van der Waals surface area contributed by atoms with Gasteiger partial charge in [0.1, 0.15) is 5.82 Å². The molecular weight excluding hydrogens is 248 g/mol. The summed E-state index contributed by atoms with van der Waals surface area (Å²) in [6.07, 6.45) is 7.32. The first-order valence-corrected chi connectivity index (χ1v) is 7.18. The molecule has 0 aliphatic carbocycles. The Labute approximate surface area is 119 Å². The van der Waals surface area contributed by atoms with Crippen LogP contribution in [0.1, 0.15) is 24.1 Å². The lowest BCUT2D eigenvalue weighted by Crippen LogP contribution is -2.24. The maximum atomic E-state index is 4.48. The van der Waals surface area contributed by atoms with Crippen LogP contribution in [-0.2, 0) is 13.0 Å². The van der Waals surface area contributed by atoms with Gasteiger partial charge in [-0.2, -0.15) is 0 Å². The molecule has 3 rings (SSSR count). The van der Waals surface area contributed by atoms with Crippen molar-refractivity contribution in [2.24, 2.45) is 0 Å². The molecule has 4 nitrogen and oxygen atoms in total. The normalized spacial score (nSPS) is 14.6. The fourth-order valence-electron chi connectivity index (χ4n) is 2.69. The second kappa shape index (κ2) is 5.90. The zero-order valence-corrected chi connectivity index (χ0v) is 11.8. The molecule has 1 N–H and O–H groups in total. The van der Waals surface area contributed by atoms with Gasteiger partial charge in [0.05, 0.1) is 24.6 Å². The number of benzene rings is 1. The highest BCUT2D eigenvalue weighted by atomic mass is 15.1. The largest absolute Gasteiger partial charge is 0.372 e. The Balaban J connectivity index is 1.82. The molecule has 0 atom stereocenters. The molecule has 1 aliphatic heterocycles. The number of nitrogens with zero attached hydrogens (tertiary/aromatic N) is 3. The first-order valence-electron chi connectivity index (χ1n) is 7.18. The zero-order valence-electron chi connectivity index (χ0n) is 11.8. The quantitative estimate of drug-likeness (QED) is 0.929. The van der Waals surface area contributed by atoms with Crippen LogP contribution >= 0.6 is 0 Å². The number of hydrogen-bond acceptors (Lipinski definition) is 4. The first-order chi connectivity index (χ1) is 9.86. The van der Waals surface area contributed by atoms with Crippen molar-refractivity contribution in [3.05, 3.63) is 47.9 Å². The zero-order chi connectivity index (χ0) is 13.8. The second-order valence-corrected chi connectivity index (χ2v) is 5.15. The van der Waals surface area contributed by atoms with Gasteiger partial charge in [0.2, 0.25) is 0 Å². The van der Waals surface area contributed by atoms with Crippen LogP contribution in [0.3, 0.4) is 0 Å². The van der Waals surface area contributed by atoms with E-state index in [1.54, 1.807) is 6.20 Å². The monoisotopic (exact) mass is 268 g/mol. The van der Waals surface area contributed by atoms with Crippen molar-refractivity contribution in [2.75, 3.05) is 23.8 Å². The van der Waals surface area contributed by atoms with Gasteiger partial charge in [0, 0.05) is 19.3 Å². The van der Waals surface area contributed by atoms with E-state index in [1.165, 1.54) is 30.5 Å². The first kappa shape index (κ1) is 12.9. The van der Waals surface area contributed by atoms with Gasteiger partial charge in [-0.3, -0.25) is 4.98 Å². The third-order valence-corrected chi connectivity index (χ3v) is 3.77. The van der Waals surface area contributed by atoms with Crippen molar-refractivity contribution < 1.29 is 0 Å². The van der Waals surface area contributed by atoms with Gasteiger partial charge in [0.15, 0.2) is 0 Å². The van der Waals surface area contributed by atoms with Gasteiger partial charge in [0.25, 0.3) is 0 Å². The molecule has 2 heterocycles. The van der Waals surface area contributed by atoms with Crippen LogP contribution in [0.4, 0.5) is 11.5 Å². The van der Waals surface area contributed by atoms with Crippen LogP contribution in [0.2, 0.25) is 0 Å².